The van der Waals surface area contributed by atoms with Crippen molar-refractivity contribution in [3.05, 3.63) is 47.8 Å². The molecule has 2 heterocycles. The molecule has 1 aromatic heterocycles. The van der Waals surface area contributed by atoms with Gasteiger partial charge in [-0.25, -0.2) is 9.37 Å². The zero-order valence-electron chi connectivity index (χ0n) is 12.4. The van der Waals surface area contributed by atoms with Crippen LogP contribution in [0.25, 0.3) is 0 Å². The minimum atomic E-state index is -0.515. The summed E-state index contributed by atoms with van der Waals surface area (Å²) in [6.07, 6.45) is 5.27. The van der Waals surface area contributed by atoms with Gasteiger partial charge >= 0.3 is 0 Å². The SMILES string of the molecule is COc1ccc(C(=O)N2CCC(c3ncc[nH]3)CC2)cc1F. The number of nitrogens with zero attached hydrogens (tertiary/aromatic N) is 2. The highest BCUT2D eigenvalue weighted by Gasteiger charge is 2.26. The fourth-order valence-electron chi connectivity index (χ4n) is 2.84. The lowest BCUT2D eigenvalue weighted by Gasteiger charge is -2.31. The van der Waals surface area contributed by atoms with Crippen LogP contribution in [-0.4, -0.2) is 41.0 Å². The second-order valence-electron chi connectivity index (χ2n) is 5.39. The number of hydrogen-bond acceptors (Lipinski definition) is 3. The van der Waals surface area contributed by atoms with Crippen LogP contribution in [0.4, 0.5) is 4.39 Å². The van der Waals surface area contributed by atoms with Gasteiger partial charge in [0.15, 0.2) is 11.6 Å². The van der Waals surface area contributed by atoms with Gasteiger partial charge in [0.2, 0.25) is 0 Å². The largest absolute Gasteiger partial charge is 0.494 e. The van der Waals surface area contributed by atoms with Crippen molar-refractivity contribution in [1.82, 2.24) is 14.9 Å². The van der Waals surface area contributed by atoms with E-state index in [9.17, 15) is 9.18 Å². The second kappa shape index (κ2) is 6.17. The minimum Gasteiger partial charge on any atom is -0.494 e. The van der Waals surface area contributed by atoms with Gasteiger partial charge in [0.1, 0.15) is 5.82 Å². The van der Waals surface area contributed by atoms with E-state index < -0.39 is 5.82 Å². The summed E-state index contributed by atoms with van der Waals surface area (Å²) in [6.45, 7) is 1.30. The molecular formula is C16H18FN3O2. The molecule has 1 amide bonds. The molecule has 1 N–H and O–H groups in total. The third-order valence-corrected chi connectivity index (χ3v) is 4.09. The third-order valence-electron chi connectivity index (χ3n) is 4.09. The van der Waals surface area contributed by atoms with Crippen molar-refractivity contribution in [3.8, 4) is 5.75 Å². The summed E-state index contributed by atoms with van der Waals surface area (Å²) in [5.74, 6) is 0.820. The van der Waals surface area contributed by atoms with Crippen LogP contribution in [0.1, 0.15) is 34.9 Å². The minimum absolute atomic E-state index is 0.139. The van der Waals surface area contributed by atoms with Gasteiger partial charge in [-0.15, -0.1) is 0 Å². The second-order valence-corrected chi connectivity index (χ2v) is 5.39. The van der Waals surface area contributed by atoms with E-state index in [2.05, 4.69) is 9.97 Å². The molecule has 1 saturated heterocycles. The Morgan fingerprint density at radius 3 is 2.77 bits per heavy atom. The average molecular weight is 303 g/mol. The number of rotatable bonds is 3. The van der Waals surface area contributed by atoms with Gasteiger partial charge < -0.3 is 14.6 Å². The molecule has 5 nitrogen and oxygen atoms in total. The van der Waals surface area contributed by atoms with Crippen molar-refractivity contribution < 1.29 is 13.9 Å². The highest BCUT2D eigenvalue weighted by Crippen LogP contribution is 2.27. The molecule has 1 aromatic carbocycles. The van der Waals surface area contributed by atoms with E-state index in [-0.39, 0.29) is 11.7 Å². The smallest absolute Gasteiger partial charge is 0.253 e. The number of ether oxygens (including phenoxy) is 1. The van der Waals surface area contributed by atoms with Gasteiger partial charge in [-0.05, 0) is 31.0 Å². The van der Waals surface area contributed by atoms with Crippen molar-refractivity contribution in [3.63, 3.8) is 0 Å². The lowest BCUT2D eigenvalue weighted by atomic mass is 9.95. The maximum atomic E-state index is 13.7. The van der Waals surface area contributed by atoms with Gasteiger partial charge in [0, 0.05) is 37.0 Å². The summed E-state index contributed by atoms with van der Waals surface area (Å²) < 4.78 is 18.6. The summed E-state index contributed by atoms with van der Waals surface area (Å²) in [6, 6.07) is 4.32. The number of carbonyl (C=O) groups excluding carboxylic acids is 1. The van der Waals surface area contributed by atoms with Crippen molar-refractivity contribution >= 4 is 5.91 Å². The number of aromatic amines is 1. The highest BCUT2D eigenvalue weighted by molar-refractivity contribution is 5.94. The molecule has 116 valence electrons. The Hall–Kier alpha value is -2.37. The molecule has 3 rings (SSSR count). The van der Waals surface area contributed by atoms with Crippen LogP contribution in [0, 0.1) is 5.82 Å². The predicted octanol–water partition coefficient (Wildman–Crippen LogP) is 2.58. The van der Waals surface area contributed by atoms with E-state index in [1.807, 2.05) is 6.20 Å². The molecule has 0 atom stereocenters. The lowest BCUT2D eigenvalue weighted by molar-refractivity contribution is 0.0710. The number of hydrogen-bond donors (Lipinski definition) is 1. The molecule has 0 radical (unpaired) electrons. The van der Waals surface area contributed by atoms with Crippen LogP contribution in [-0.2, 0) is 0 Å². The number of likely N-dealkylation sites (tertiary alicyclic amines) is 1. The summed E-state index contributed by atoms with van der Waals surface area (Å²) in [5.41, 5.74) is 0.356. The number of imidazole rings is 1. The number of aromatic nitrogens is 2. The maximum absolute atomic E-state index is 13.7. The van der Waals surface area contributed by atoms with Gasteiger partial charge in [0.05, 0.1) is 7.11 Å². The number of halogens is 1. The monoisotopic (exact) mass is 303 g/mol. The van der Waals surface area contributed by atoms with Gasteiger partial charge in [0.25, 0.3) is 5.91 Å². The number of piperidine rings is 1. The number of nitrogens with one attached hydrogen (secondary N) is 1. The molecule has 1 fully saturated rings. The first-order chi connectivity index (χ1) is 10.7. The number of carbonyl (C=O) groups is 1. The molecule has 0 saturated carbocycles. The Balaban J connectivity index is 1.65. The Morgan fingerprint density at radius 1 is 1.41 bits per heavy atom. The quantitative estimate of drug-likeness (QED) is 0.948. The van der Waals surface area contributed by atoms with Crippen LogP contribution in [0.3, 0.4) is 0 Å². The molecule has 0 spiro atoms. The van der Waals surface area contributed by atoms with Crippen LogP contribution in [0.5, 0.6) is 5.75 Å². The van der Waals surface area contributed by atoms with E-state index in [1.54, 1.807) is 17.2 Å². The number of benzene rings is 1. The first-order valence-electron chi connectivity index (χ1n) is 7.31. The normalized spacial score (nSPS) is 15.8. The zero-order chi connectivity index (χ0) is 15.5. The van der Waals surface area contributed by atoms with Crippen molar-refractivity contribution in [1.29, 1.82) is 0 Å². The van der Waals surface area contributed by atoms with Gasteiger partial charge in [-0.1, -0.05) is 0 Å². The molecule has 1 aliphatic heterocycles. The molecule has 2 aromatic rings. The van der Waals surface area contributed by atoms with Crippen LogP contribution in [0.15, 0.2) is 30.6 Å². The molecule has 1 aliphatic rings. The lowest BCUT2D eigenvalue weighted by Crippen LogP contribution is -2.38. The van der Waals surface area contributed by atoms with Crippen molar-refractivity contribution in [2.45, 2.75) is 18.8 Å². The van der Waals surface area contributed by atoms with Crippen LogP contribution >= 0.6 is 0 Å². The van der Waals surface area contributed by atoms with Crippen LogP contribution < -0.4 is 4.74 Å². The van der Waals surface area contributed by atoms with Crippen LogP contribution in [0.2, 0.25) is 0 Å². The van der Waals surface area contributed by atoms with E-state index in [0.29, 0.717) is 24.6 Å². The van der Waals surface area contributed by atoms with E-state index >= 15 is 0 Å². The van der Waals surface area contributed by atoms with E-state index in [1.165, 1.54) is 19.2 Å². The summed E-state index contributed by atoms with van der Waals surface area (Å²) in [5, 5.41) is 0. The van der Waals surface area contributed by atoms with Gasteiger partial charge in [-0.2, -0.15) is 0 Å². The zero-order valence-corrected chi connectivity index (χ0v) is 12.4. The summed E-state index contributed by atoms with van der Waals surface area (Å²) >= 11 is 0. The Kier molecular flexibility index (Phi) is 4.09. The van der Waals surface area contributed by atoms with Crippen molar-refractivity contribution in [2.24, 2.45) is 0 Å². The topological polar surface area (TPSA) is 58.2 Å². The third kappa shape index (κ3) is 2.81. The van der Waals surface area contributed by atoms with E-state index in [4.69, 9.17) is 4.74 Å². The maximum Gasteiger partial charge on any atom is 0.253 e. The van der Waals surface area contributed by atoms with Crippen molar-refractivity contribution in [2.75, 3.05) is 20.2 Å². The average Bonchev–Trinajstić information content (AvgIpc) is 3.09. The first kappa shape index (κ1) is 14.6. The Labute approximate surface area is 128 Å². The highest BCUT2D eigenvalue weighted by atomic mass is 19.1. The first-order valence-corrected chi connectivity index (χ1v) is 7.31. The molecule has 0 unspecified atom stereocenters. The predicted molar refractivity (Wildman–Crippen MR) is 79.4 cm³/mol. The Bertz CT molecular complexity index is 649. The molecule has 0 bridgehead atoms. The molecule has 6 heteroatoms. The van der Waals surface area contributed by atoms with E-state index in [0.717, 1.165) is 18.7 Å². The standard InChI is InChI=1S/C16H18FN3O2/c1-22-14-3-2-12(10-13(14)17)16(21)20-8-4-11(5-9-20)15-18-6-7-19-15/h2-3,6-7,10-11H,4-5,8-9H2,1H3,(H,18,19). The number of methoxy groups -OCH3 is 1. The summed E-state index contributed by atoms with van der Waals surface area (Å²) in [7, 11) is 1.40. The summed E-state index contributed by atoms with van der Waals surface area (Å²) in [4.78, 5) is 21.6. The number of amides is 1. The molecular weight excluding hydrogens is 285 g/mol. The Morgan fingerprint density at radius 2 is 2.18 bits per heavy atom. The fourth-order valence-corrected chi connectivity index (χ4v) is 2.84. The van der Waals surface area contributed by atoms with Gasteiger partial charge in [-0.3, -0.25) is 4.79 Å². The number of H-pyrrole nitrogens is 1. The molecule has 22 heavy (non-hydrogen) atoms. The molecule has 0 aliphatic carbocycles. The fraction of sp³-hybridized carbons (Fsp3) is 0.375.